The fraction of sp³-hybridized carbons (Fsp3) is 0.200. The lowest BCUT2D eigenvalue weighted by Crippen LogP contribution is -2.05. The van der Waals surface area contributed by atoms with Crippen molar-refractivity contribution in [2.75, 3.05) is 5.43 Å². The number of rotatable bonds is 5. The number of anilines is 1. The zero-order valence-corrected chi connectivity index (χ0v) is 10.8. The molecule has 0 saturated heterocycles. The van der Waals surface area contributed by atoms with Crippen LogP contribution in [0.1, 0.15) is 10.6 Å². The number of hydrogen-bond donors (Lipinski definition) is 2. The van der Waals surface area contributed by atoms with E-state index in [-0.39, 0.29) is 12.3 Å². The summed E-state index contributed by atoms with van der Waals surface area (Å²) in [6, 6.07) is 4.42. The van der Waals surface area contributed by atoms with Crippen molar-refractivity contribution in [2.24, 2.45) is 5.84 Å². The number of aryl methyl sites for hydroxylation is 1. The first-order chi connectivity index (χ1) is 9.10. The number of benzene rings is 1. The molecule has 8 nitrogen and oxygen atoms in total. The van der Waals surface area contributed by atoms with Gasteiger partial charge in [-0.25, -0.2) is 5.84 Å². The fourth-order valence-electron chi connectivity index (χ4n) is 1.42. The molecule has 0 radical (unpaired) electrons. The van der Waals surface area contributed by atoms with Gasteiger partial charge in [-0.3, -0.25) is 15.5 Å². The van der Waals surface area contributed by atoms with Crippen molar-refractivity contribution in [1.29, 1.82) is 0 Å². The van der Waals surface area contributed by atoms with Gasteiger partial charge >= 0.3 is 0 Å². The largest absolute Gasteiger partial charge is 0.486 e. The van der Waals surface area contributed by atoms with E-state index in [4.69, 9.17) is 10.6 Å². The van der Waals surface area contributed by atoms with Gasteiger partial charge in [0.25, 0.3) is 5.69 Å². The van der Waals surface area contributed by atoms with Crippen LogP contribution in [0.5, 0.6) is 5.75 Å². The molecule has 0 amide bonds. The van der Waals surface area contributed by atoms with Gasteiger partial charge in [-0.15, -0.1) is 10.2 Å². The molecule has 100 valence electrons. The Labute approximate surface area is 112 Å². The smallest absolute Gasteiger partial charge is 0.269 e. The SMILES string of the molecule is Cc1cc([N+](=O)[O-])ccc1OCc1nnc(NN)s1. The lowest BCUT2D eigenvalue weighted by atomic mass is 10.2. The van der Waals surface area contributed by atoms with Crippen molar-refractivity contribution in [3.05, 3.63) is 38.9 Å². The van der Waals surface area contributed by atoms with E-state index in [2.05, 4.69) is 15.6 Å². The minimum Gasteiger partial charge on any atom is -0.486 e. The Bertz CT molecular complexity index is 601. The van der Waals surface area contributed by atoms with Crippen molar-refractivity contribution in [3.63, 3.8) is 0 Å². The summed E-state index contributed by atoms with van der Waals surface area (Å²) in [7, 11) is 0. The molecule has 2 rings (SSSR count). The number of nitro groups is 1. The molecule has 0 fully saturated rings. The van der Waals surface area contributed by atoms with Crippen molar-refractivity contribution < 1.29 is 9.66 Å². The topological polar surface area (TPSA) is 116 Å². The van der Waals surface area contributed by atoms with Crippen LogP contribution < -0.4 is 16.0 Å². The third-order valence-corrected chi connectivity index (χ3v) is 3.14. The van der Waals surface area contributed by atoms with Gasteiger partial charge in [0.15, 0.2) is 5.01 Å². The Morgan fingerprint density at radius 2 is 2.32 bits per heavy atom. The third kappa shape index (κ3) is 3.14. The second kappa shape index (κ2) is 5.59. The number of non-ortho nitro benzene ring substituents is 1. The summed E-state index contributed by atoms with van der Waals surface area (Å²) < 4.78 is 5.53. The molecule has 1 aromatic heterocycles. The van der Waals surface area contributed by atoms with Crippen LogP contribution in [0.3, 0.4) is 0 Å². The molecule has 0 bridgehead atoms. The van der Waals surface area contributed by atoms with Crippen LogP contribution in [-0.2, 0) is 6.61 Å². The summed E-state index contributed by atoms with van der Waals surface area (Å²) in [5.74, 6) is 5.77. The van der Waals surface area contributed by atoms with Crippen LogP contribution in [-0.4, -0.2) is 15.1 Å². The number of aromatic nitrogens is 2. The summed E-state index contributed by atoms with van der Waals surface area (Å²) in [5, 5.41) is 19.4. The number of nitrogens with one attached hydrogen (secondary N) is 1. The van der Waals surface area contributed by atoms with Crippen LogP contribution >= 0.6 is 11.3 Å². The number of nitrogens with zero attached hydrogens (tertiary/aromatic N) is 3. The molecule has 0 aliphatic carbocycles. The maximum absolute atomic E-state index is 10.6. The summed E-state index contributed by atoms with van der Waals surface area (Å²) in [6.07, 6.45) is 0. The Morgan fingerprint density at radius 3 is 2.89 bits per heavy atom. The molecule has 0 spiro atoms. The van der Waals surface area contributed by atoms with Crippen molar-refractivity contribution >= 4 is 22.2 Å². The van der Waals surface area contributed by atoms with Crippen LogP contribution in [0.2, 0.25) is 0 Å². The molecule has 9 heteroatoms. The monoisotopic (exact) mass is 281 g/mol. The Morgan fingerprint density at radius 1 is 1.53 bits per heavy atom. The van der Waals surface area contributed by atoms with Crippen molar-refractivity contribution in [3.8, 4) is 5.75 Å². The predicted molar refractivity (Wildman–Crippen MR) is 69.9 cm³/mol. The molecular formula is C10H11N5O3S. The zero-order valence-electron chi connectivity index (χ0n) is 9.99. The Kier molecular flexibility index (Phi) is 3.88. The summed E-state index contributed by atoms with van der Waals surface area (Å²) in [6.45, 7) is 1.98. The normalized spacial score (nSPS) is 10.2. The highest BCUT2D eigenvalue weighted by molar-refractivity contribution is 7.15. The fourth-order valence-corrected chi connectivity index (χ4v) is 1.98. The van der Waals surface area contributed by atoms with Gasteiger partial charge in [0.1, 0.15) is 12.4 Å². The number of nitro benzene ring substituents is 1. The van der Waals surface area contributed by atoms with E-state index < -0.39 is 4.92 Å². The molecule has 19 heavy (non-hydrogen) atoms. The lowest BCUT2D eigenvalue weighted by Gasteiger charge is -2.06. The maximum Gasteiger partial charge on any atom is 0.269 e. The second-order valence-corrected chi connectivity index (χ2v) is 4.70. The first kappa shape index (κ1) is 13.2. The van der Waals surface area contributed by atoms with E-state index in [1.807, 2.05) is 0 Å². The minimum atomic E-state index is -0.444. The molecule has 1 aromatic carbocycles. The van der Waals surface area contributed by atoms with E-state index in [0.717, 1.165) is 0 Å². The van der Waals surface area contributed by atoms with E-state index in [1.165, 1.54) is 23.5 Å². The van der Waals surface area contributed by atoms with Gasteiger partial charge in [0.2, 0.25) is 5.13 Å². The Balaban J connectivity index is 2.05. The molecule has 2 aromatic rings. The molecule has 3 N–H and O–H groups in total. The summed E-state index contributed by atoms with van der Waals surface area (Å²) in [5.41, 5.74) is 3.12. The molecule has 0 aliphatic heterocycles. The number of ether oxygens (including phenoxy) is 1. The van der Waals surface area contributed by atoms with Crippen LogP contribution in [0, 0.1) is 17.0 Å². The Hall–Kier alpha value is -2.26. The highest BCUT2D eigenvalue weighted by Crippen LogP contribution is 2.24. The summed E-state index contributed by atoms with van der Waals surface area (Å²) >= 11 is 1.27. The maximum atomic E-state index is 10.6. The van der Waals surface area contributed by atoms with E-state index in [9.17, 15) is 10.1 Å². The van der Waals surface area contributed by atoms with Gasteiger partial charge in [0.05, 0.1) is 4.92 Å². The molecule has 0 saturated carbocycles. The number of hydrazine groups is 1. The predicted octanol–water partition coefficient (Wildman–Crippen LogP) is 1.62. The van der Waals surface area contributed by atoms with Gasteiger partial charge < -0.3 is 4.74 Å². The summed E-state index contributed by atoms with van der Waals surface area (Å²) in [4.78, 5) is 10.2. The second-order valence-electron chi connectivity index (χ2n) is 3.64. The van der Waals surface area contributed by atoms with E-state index in [1.54, 1.807) is 13.0 Å². The number of nitrogen functional groups attached to an aromatic ring is 1. The number of nitrogens with two attached hydrogens (primary N) is 1. The third-order valence-electron chi connectivity index (χ3n) is 2.31. The quantitative estimate of drug-likeness (QED) is 0.486. The van der Waals surface area contributed by atoms with Crippen molar-refractivity contribution in [2.45, 2.75) is 13.5 Å². The highest BCUT2D eigenvalue weighted by Gasteiger charge is 2.10. The highest BCUT2D eigenvalue weighted by atomic mass is 32.1. The van der Waals surface area contributed by atoms with Gasteiger partial charge in [0, 0.05) is 12.1 Å². The van der Waals surface area contributed by atoms with Crippen LogP contribution in [0.4, 0.5) is 10.8 Å². The average molecular weight is 281 g/mol. The average Bonchev–Trinajstić information content (AvgIpc) is 2.85. The molecule has 0 unspecified atom stereocenters. The molecule has 1 heterocycles. The van der Waals surface area contributed by atoms with Gasteiger partial charge in [-0.2, -0.15) is 0 Å². The van der Waals surface area contributed by atoms with Gasteiger partial charge in [-0.1, -0.05) is 11.3 Å². The van der Waals surface area contributed by atoms with Gasteiger partial charge in [-0.05, 0) is 18.6 Å². The van der Waals surface area contributed by atoms with Crippen LogP contribution in [0.15, 0.2) is 18.2 Å². The first-order valence-corrected chi connectivity index (χ1v) is 6.08. The van der Waals surface area contributed by atoms with E-state index in [0.29, 0.717) is 21.5 Å². The zero-order chi connectivity index (χ0) is 13.8. The number of hydrogen-bond acceptors (Lipinski definition) is 8. The van der Waals surface area contributed by atoms with Crippen LogP contribution in [0.25, 0.3) is 0 Å². The van der Waals surface area contributed by atoms with Crippen molar-refractivity contribution in [1.82, 2.24) is 10.2 Å². The first-order valence-electron chi connectivity index (χ1n) is 5.27. The minimum absolute atomic E-state index is 0.0374. The van der Waals surface area contributed by atoms with E-state index >= 15 is 0 Å². The molecule has 0 atom stereocenters. The molecule has 0 aliphatic rings. The lowest BCUT2D eigenvalue weighted by molar-refractivity contribution is -0.384. The standard InChI is InChI=1S/C10H11N5O3S/c1-6-4-7(15(16)17)2-3-8(6)18-5-9-13-14-10(12-11)19-9/h2-4H,5,11H2,1H3,(H,12,14). The molecular weight excluding hydrogens is 270 g/mol.